The summed E-state index contributed by atoms with van der Waals surface area (Å²) in [6.07, 6.45) is 10.9. The fourth-order valence-electron chi connectivity index (χ4n) is 7.80. The van der Waals surface area contributed by atoms with Gasteiger partial charge in [-0.2, -0.15) is 0 Å². The van der Waals surface area contributed by atoms with Crippen molar-refractivity contribution >= 4 is 16.8 Å². The summed E-state index contributed by atoms with van der Waals surface area (Å²) in [5.74, 6) is 1.83. The third kappa shape index (κ3) is 3.17. The molecule has 2 aliphatic carbocycles. The molecule has 5 aromatic rings. The highest BCUT2D eigenvalue weighted by atomic mass is 16.5. The van der Waals surface area contributed by atoms with Crippen molar-refractivity contribution in [2.75, 3.05) is 7.11 Å². The van der Waals surface area contributed by atoms with Crippen molar-refractivity contribution in [2.45, 2.75) is 43.1 Å². The summed E-state index contributed by atoms with van der Waals surface area (Å²) < 4.78 is 12.9. The van der Waals surface area contributed by atoms with E-state index in [1.54, 1.807) is 7.11 Å². The molecule has 1 aliphatic heterocycles. The fraction of sp³-hybridized carbons (Fsp3) is 0.211. The molecule has 1 saturated carbocycles. The van der Waals surface area contributed by atoms with Crippen LogP contribution in [0.2, 0.25) is 0 Å². The molecule has 40 heavy (non-hydrogen) atoms. The summed E-state index contributed by atoms with van der Waals surface area (Å²) in [7, 11) is 1.71. The fourth-order valence-corrected chi connectivity index (χ4v) is 7.80. The Hall–Kier alpha value is -4.30. The molecule has 2 nitrogen and oxygen atoms in total. The molecule has 0 amide bonds. The Morgan fingerprint density at radius 1 is 0.675 bits per heavy atom. The largest absolute Gasteiger partial charge is 0.497 e. The summed E-state index contributed by atoms with van der Waals surface area (Å²) in [6.45, 7) is 0. The lowest BCUT2D eigenvalue weighted by Crippen LogP contribution is -2.35. The molecule has 2 heteroatoms. The third-order valence-corrected chi connectivity index (χ3v) is 9.57. The van der Waals surface area contributed by atoms with Crippen LogP contribution in [0.4, 0.5) is 0 Å². The Balaban J connectivity index is 1.44. The second kappa shape index (κ2) is 8.86. The van der Waals surface area contributed by atoms with Gasteiger partial charge in [0, 0.05) is 27.5 Å². The van der Waals surface area contributed by atoms with E-state index in [4.69, 9.17) is 9.47 Å². The van der Waals surface area contributed by atoms with E-state index in [2.05, 4.69) is 103 Å². The summed E-state index contributed by atoms with van der Waals surface area (Å²) in [4.78, 5) is 0. The van der Waals surface area contributed by atoms with E-state index in [1.807, 2.05) is 12.1 Å². The van der Waals surface area contributed by atoms with Crippen molar-refractivity contribution in [3.05, 3.63) is 137 Å². The van der Waals surface area contributed by atoms with Gasteiger partial charge in [-0.25, -0.2) is 0 Å². The maximum absolute atomic E-state index is 7.41. The van der Waals surface area contributed by atoms with E-state index in [9.17, 15) is 0 Å². The molecule has 1 fully saturated rings. The Morgan fingerprint density at radius 2 is 1.35 bits per heavy atom. The van der Waals surface area contributed by atoms with E-state index >= 15 is 0 Å². The summed E-state index contributed by atoms with van der Waals surface area (Å²) in [5, 5.41) is 2.47. The van der Waals surface area contributed by atoms with Gasteiger partial charge >= 0.3 is 0 Å². The third-order valence-electron chi connectivity index (χ3n) is 9.57. The molecule has 0 bridgehead atoms. The highest BCUT2D eigenvalue weighted by Gasteiger charge is 2.48. The van der Waals surface area contributed by atoms with Gasteiger partial charge in [-0.1, -0.05) is 116 Å². The average molecular weight is 521 g/mol. The second-order valence-electron chi connectivity index (χ2n) is 11.5. The normalized spacial score (nSPS) is 20.0. The van der Waals surface area contributed by atoms with E-state index < -0.39 is 5.60 Å². The van der Waals surface area contributed by atoms with Crippen LogP contribution in [0.15, 0.2) is 109 Å². The predicted molar refractivity (Wildman–Crippen MR) is 163 cm³/mol. The van der Waals surface area contributed by atoms with Crippen LogP contribution < -0.4 is 9.47 Å². The second-order valence-corrected chi connectivity index (χ2v) is 11.5. The number of fused-ring (bicyclic) bond motifs is 10. The van der Waals surface area contributed by atoms with E-state index in [-0.39, 0.29) is 5.41 Å². The van der Waals surface area contributed by atoms with Crippen LogP contribution in [0.5, 0.6) is 11.5 Å². The van der Waals surface area contributed by atoms with Crippen LogP contribution in [0.25, 0.3) is 28.0 Å². The molecule has 1 spiro atoms. The standard InChI is InChI=1S/C38H32O2/c1-39-28-20-18-27(19-21-28)38(26-12-4-2-5-13-26)25-22-32-35-34(29-14-6-7-15-30(29)36(32)40-38)31-16-8-9-17-33(31)37(35)23-10-3-11-24-37/h2,4-9,12-22,25H,3,10-11,23-24H2,1H3. The van der Waals surface area contributed by atoms with Crippen LogP contribution in [0, 0.1) is 0 Å². The van der Waals surface area contributed by atoms with Crippen LogP contribution in [0.3, 0.4) is 0 Å². The molecule has 196 valence electrons. The Labute approximate surface area is 235 Å². The highest BCUT2D eigenvalue weighted by molar-refractivity contribution is 6.08. The quantitative estimate of drug-likeness (QED) is 0.236. The van der Waals surface area contributed by atoms with Gasteiger partial charge in [0.05, 0.1) is 7.11 Å². The summed E-state index contributed by atoms with van der Waals surface area (Å²) >= 11 is 0. The molecule has 0 radical (unpaired) electrons. The lowest BCUT2D eigenvalue weighted by molar-refractivity contribution is 0.163. The monoisotopic (exact) mass is 520 g/mol. The molecular formula is C38H32O2. The van der Waals surface area contributed by atoms with Crippen molar-refractivity contribution in [3.8, 4) is 22.6 Å². The van der Waals surface area contributed by atoms with Gasteiger partial charge in [0.15, 0.2) is 5.60 Å². The van der Waals surface area contributed by atoms with Crippen molar-refractivity contribution in [1.82, 2.24) is 0 Å². The Kier molecular flexibility index (Phi) is 5.22. The molecule has 1 heterocycles. The van der Waals surface area contributed by atoms with Crippen LogP contribution in [0.1, 0.15) is 59.9 Å². The Morgan fingerprint density at radius 3 is 2.12 bits per heavy atom. The first-order valence-electron chi connectivity index (χ1n) is 14.5. The number of methoxy groups -OCH3 is 1. The van der Waals surface area contributed by atoms with Gasteiger partial charge in [0.2, 0.25) is 0 Å². The smallest absolute Gasteiger partial charge is 0.178 e. The molecule has 0 aromatic heterocycles. The molecule has 1 unspecified atom stereocenters. The maximum Gasteiger partial charge on any atom is 0.178 e. The molecule has 5 aromatic carbocycles. The zero-order valence-corrected chi connectivity index (χ0v) is 22.8. The zero-order valence-electron chi connectivity index (χ0n) is 22.8. The number of ether oxygens (including phenoxy) is 2. The van der Waals surface area contributed by atoms with E-state index in [0.29, 0.717) is 0 Å². The predicted octanol–water partition coefficient (Wildman–Crippen LogP) is 9.43. The number of hydrogen-bond donors (Lipinski definition) is 0. The minimum atomic E-state index is -0.747. The lowest BCUT2D eigenvalue weighted by atomic mass is 9.66. The molecule has 0 saturated heterocycles. The van der Waals surface area contributed by atoms with Crippen LogP contribution in [-0.2, 0) is 11.0 Å². The van der Waals surface area contributed by atoms with Gasteiger partial charge < -0.3 is 9.47 Å². The first-order valence-corrected chi connectivity index (χ1v) is 14.5. The molecule has 0 N–H and O–H groups in total. The van der Waals surface area contributed by atoms with Gasteiger partial charge in [-0.3, -0.25) is 0 Å². The Bertz CT molecular complexity index is 1770. The van der Waals surface area contributed by atoms with E-state index in [0.717, 1.165) is 22.6 Å². The lowest BCUT2D eigenvalue weighted by Gasteiger charge is -2.41. The van der Waals surface area contributed by atoms with Crippen LogP contribution in [-0.4, -0.2) is 7.11 Å². The molecule has 3 aliphatic rings. The zero-order chi connectivity index (χ0) is 26.7. The SMILES string of the molecule is COc1ccc(C2(c3ccccc3)C=Cc3c4c(c5ccccc5c3O2)-c2ccccc2C42CCCCC2)cc1. The number of hydrogen-bond acceptors (Lipinski definition) is 2. The number of benzene rings is 5. The average Bonchev–Trinajstić information content (AvgIpc) is 3.31. The maximum atomic E-state index is 7.41. The van der Waals surface area contributed by atoms with Crippen molar-refractivity contribution in [2.24, 2.45) is 0 Å². The molecule has 8 rings (SSSR count). The van der Waals surface area contributed by atoms with E-state index in [1.165, 1.54) is 70.7 Å². The summed E-state index contributed by atoms with van der Waals surface area (Å²) in [6, 6.07) is 37.0. The van der Waals surface area contributed by atoms with Gasteiger partial charge in [-0.15, -0.1) is 0 Å². The summed E-state index contributed by atoms with van der Waals surface area (Å²) in [5.41, 5.74) is 8.55. The topological polar surface area (TPSA) is 18.5 Å². The van der Waals surface area contributed by atoms with Gasteiger partial charge in [-0.05, 0) is 58.7 Å². The first kappa shape index (κ1) is 23.6. The minimum Gasteiger partial charge on any atom is -0.497 e. The number of rotatable bonds is 3. The minimum absolute atomic E-state index is 0.0405. The van der Waals surface area contributed by atoms with Gasteiger partial charge in [0.1, 0.15) is 11.5 Å². The molecule has 1 atom stereocenters. The first-order chi connectivity index (χ1) is 19.7. The van der Waals surface area contributed by atoms with Gasteiger partial charge in [0.25, 0.3) is 0 Å². The van der Waals surface area contributed by atoms with Crippen LogP contribution >= 0.6 is 0 Å². The molecular weight excluding hydrogens is 488 g/mol. The van der Waals surface area contributed by atoms with Crippen molar-refractivity contribution in [3.63, 3.8) is 0 Å². The highest BCUT2D eigenvalue weighted by Crippen LogP contribution is 2.61. The van der Waals surface area contributed by atoms with Crippen molar-refractivity contribution < 1.29 is 9.47 Å². The van der Waals surface area contributed by atoms with Crippen molar-refractivity contribution in [1.29, 1.82) is 0 Å².